The van der Waals surface area contributed by atoms with Gasteiger partial charge in [-0.05, 0) is 26.8 Å². The zero-order valence-electron chi connectivity index (χ0n) is 12.2. The number of phenolic OH excluding ortho intramolecular Hbond substituents is 1. The molecule has 0 amide bonds. The van der Waals surface area contributed by atoms with Crippen LogP contribution in [-0.2, 0) is 6.54 Å². The standard InChI is InChI=1S/C15H20N2O3/c1-9-11(3)20-15(17-9)8-16-10(2)13-6-5-12(19-4)7-14(13)18/h5-7,10,16,18H,8H2,1-4H3. The van der Waals surface area contributed by atoms with Crippen molar-refractivity contribution in [3.05, 3.63) is 41.1 Å². The molecule has 1 aromatic carbocycles. The van der Waals surface area contributed by atoms with Gasteiger partial charge in [-0.15, -0.1) is 0 Å². The van der Waals surface area contributed by atoms with E-state index < -0.39 is 0 Å². The number of methoxy groups -OCH3 is 1. The Morgan fingerprint density at radius 3 is 2.70 bits per heavy atom. The van der Waals surface area contributed by atoms with Crippen molar-refractivity contribution in [3.63, 3.8) is 0 Å². The van der Waals surface area contributed by atoms with Crippen LogP contribution >= 0.6 is 0 Å². The lowest BCUT2D eigenvalue weighted by molar-refractivity contribution is 0.400. The normalized spacial score (nSPS) is 12.4. The van der Waals surface area contributed by atoms with Crippen molar-refractivity contribution in [1.29, 1.82) is 0 Å². The van der Waals surface area contributed by atoms with Gasteiger partial charge in [0.05, 0.1) is 19.3 Å². The van der Waals surface area contributed by atoms with Gasteiger partial charge < -0.3 is 19.6 Å². The van der Waals surface area contributed by atoms with Crippen LogP contribution < -0.4 is 10.1 Å². The van der Waals surface area contributed by atoms with Crippen LogP contribution in [0.3, 0.4) is 0 Å². The first kappa shape index (κ1) is 14.4. The highest BCUT2D eigenvalue weighted by atomic mass is 16.5. The molecule has 1 aromatic heterocycles. The number of hydrogen-bond acceptors (Lipinski definition) is 5. The number of benzene rings is 1. The summed E-state index contributed by atoms with van der Waals surface area (Å²) < 4.78 is 10.6. The second kappa shape index (κ2) is 5.96. The number of aromatic hydroxyl groups is 1. The fourth-order valence-electron chi connectivity index (χ4n) is 1.98. The summed E-state index contributed by atoms with van der Waals surface area (Å²) in [5, 5.41) is 13.3. The Hall–Kier alpha value is -2.01. The molecule has 0 aliphatic carbocycles. The van der Waals surface area contributed by atoms with Gasteiger partial charge in [-0.2, -0.15) is 0 Å². The number of nitrogens with one attached hydrogen (secondary N) is 1. The Morgan fingerprint density at radius 2 is 2.15 bits per heavy atom. The third-order valence-electron chi connectivity index (χ3n) is 3.34. The monoisotopic (exact) mass is 276 g/mol. The minimum atomic E-state index is -0.0200. The van der Waals surface area contributed by atoms with Crippen LogP contribution in [0.25, 0.3) is 0 Å². The van der Waals surface area contributed by atoms with E-state index in [2.05, 4.69) is 10.3 Å². The molecule has 2 aromatic rings. The van der Waals surface area contributed by atoms with Gasteiger partial charge in [-0.3, -0.25) is 0 Å². The molecule has 0 saturated carbocycles. The maximum atomic E-state index is 9.98. The van der Waals surface area contributed by atoms with Crippen LogP contribution in [0.2, 0.25) is 0 Å². The van der Waals surface area contributed by atoms with E-state index in [1.54, 1.807) is 13.2 Å². The summed E-state index contributed by atoms with van der Waals surface area (Å²) in [7, 11) is 1.57. The van der Waals surface area contributed by atoms with Crippen LogP contribution in [0.15, 0.2) is 22.6 Å². The Morgan fingerprint density at radius 1 is 1.40 bits per heavy atom. The van der Waals surface area contributed by atoms with Crippen molar-refractivity contribution in [2.45, 2.75) is 33.4 Å². The minimum absolute atomic E-state index is 0.0200. The van der Waals surface area contributed by atoms with Crippen molar-refractivity contribution in [1.82, 2.24) is 10.3 Å². The molecular weight excluding hydrogens is 256 g/mol. The summed E-state index contributed by atoms with van der Waals surface area (Å²) in [6.07, 6.45) is 0. The maximum absolute atomic E-state index is 9.98. The summed E-state index contributed by atoms with van der Waals surface area (Å²) in [6, 6.07) is 5.26. The minimum Gasteiger partial charge on any atom is -0.507 e. The van der Waals surface area contributed by atoms with Crippen molar-refractivity contribution in [3.8, 4) is 11.5 Å². The molecule has 20 heavy (non-hydrogen) atoms. The van der Waals surface area contributed by atoms with Gasteiger partial charge in [0, 0.05) is 17.7 Å². The van der Waals surface area contributed by atoms with E-state index in [0.717, 1.165) is 17.0 Å². The van der Waals surface area contributed by atoms with E-state index in [1.165, 1.54) is 0 Å². The maximum Gasteiger partial charge on any atom is 0.208 e. The van der Waals surface area contributed by atoms with E-state index in [0.29, 0.717) is 18.2 Å². The third kappa shape index (κ3) is 3.11. The molecule has 2 N–H and O–H groups in total. The van der Waals surface area contributed by atoms with Crippen LogP contribution in [0, 0.1) is 13.8 Å². The predicted octanol–water partition coefficient (Wildman–Crippen LogP) is 2.86. The number of nitrogens with zero attached hydrogens (tertiary/aromatic N) is 1. The molecule has 1 heterocycles. The molecule has 0 saturated heterocycles. The van der Waals surface area contributed by atoms with E-state index in [1.807, 2.05) is 32.9 Å². The third-order valence-corrected chi connectivity index (χ3v) is 3.34. The largest absolute Gasteiger partial charge is 0.507 e. The first-order valence-electron chi connectivity index (χ1n) is 6.54. The van der Waals surface area contributed by atoms with E-state index >= 15 is 0 Å². The van der Waals surface area contributed by atoms with E-state index in [4.69, 9.17) is 9.15 Å². The smallest absolute Gasteiger partial charge is 0.208 e. The number of oxazole rings is 1. The van der Waals surface area contributed by atoms with Gasteiger partial charge in [-0.1, -0.05) is 6.07 Å². The van der Waals surface area contributed by atoms with Gasteiger partial charge in [0.15, 0.2) is 0 Å². The lowest BCUT2D eigenvalue weighted by Gasteiger charge is -2.15. The number of rotatable bonds is 5. The van der Waals surface area contributed by atoms with Crippen LogP contribution in [0.4, 0.5) is 0 Å². The summed E-state index contributed by atoms with van der Waals surface area (Å²) in [5.41, 5.74) is 1.72. The highest BCUT2D eigenvalue weighted by molar-refractivity contribution is 5.41. The molecule has 1 atom stereocenters. The number of ether oxygens (including phenoxy) is 1. The number of aryl methyl sites for hydroxylation is 2. The Labute approximate surface area is 118 Å². The van der Waals surface area contributed by atoms with Crippen LogP contribution in [0.5, 0.6) is 11.5 Å². The van der Waals surface area contributed by atoms with Gasteiger partial charge >= 0.3 is 0 Å². The molecule has 0 radical (unpaired) electrons. The zero-order valence-corrected chi connectivity index (χ0v) is 12.2. The van der Waals surface area contributed by atoms with E-state index in [-0.39, 0.29) is 11.8 Å². The SMILES string of the molecule is COc1ccc(C(C)NCc2nc(C)c(C)o2)c(O)c1. The van der Waals surface area contributed by atoms with Gasteiger partial charge in [0.1, 0.15) is 17.3 Å². The molecule has 0 aliphatic heterocycles. The number of hydrogen-bond donors (Lipinski definition) is 2. The average Bonchev–Trinajstić information content (AvgIpc) is 2.75. The molecule has 108 valence electrons. The van der Waals surface area contributed by atoms with Crippen LogP contribution in [-0.4, -0.2) is 17.2 Å². The molecule has 5 nitrogen and oxygen atoms in total. The molecule has 0 spiro atoms. The lowest BCUT2D eigenvalue weighted by atomic mass is 10.1. The molecule has 0 fully saturated rings. The number of aromatic nitrogens is 1. The first-order valence-corrected chi connectivity index (χ1v) is 6.54. The average molecular weight is 276 g/mol. The topological polar surface area (TPSA) is 67.5 Å². The van der Waals surface area contributed by atoms with Gasteiger partial charge in [-0.25, -0.2) is 4.98 Å². The lowest BCUT2D eigenvalue weighted by Crippen LogP contribution is -2.18. The Balaban J connectivity index is 2.02. The molecule has 0 bridgehead atoms. The second-order valence-corrected chi connectivity index (χ2v) is 4.78. The highest BCUT2D eigenvalue weighted by Crippen LogP contribution is 2.28. The zero-order chi connectivity index (χ0) is 14.7. The fraction of sp³-hybridized carbons (Fsp3) is 0.400. The van der Waals surface area contributed by atoms with E-state index in [9.17, 15) is 5.11 Å². The van der Waals surface area contributed by atoms with Gasteiger partial charge in [0.25, 0.3) is 0 Å². The summed E-state index contributed by atoms with van der Waals surface area (Å²) in [4.78, 5) is 4.31. The van der Waals surface area contributed by atoms with Crippen molar-refractivity contribution < 1.29 is 14.3 Å². The van der Waals surface area contributed by atoms with Crippen molar-refractivity contribution >= 4 is 0 Å². The van der Waals surface area contributed by atoms with Gasteiger partial charge in [0.2, 0.25) is 5.89 Å². The summed E-state index contributed by atoms with van der Waals surface area (Å²) in [5.74, 6) is 2.34. The van der Waals surface area contributed by atoms with Crippen molar-refractivity contribution in [2.24, 2.45) is 0 Å². The quantitative estimate of drug-likeness (QED) is 0.879. The predicted molar refractivity (Wildman–Crippen MR) is 75.9 cm³/mol. The molecule has 2 rings (SSSR count). The number of phenols is 1. The second-order valence-electron chi connectivity index (χ2n) is 4.78. The summed E-state index contributed by atoms with van der Waals surface area (Å²) in [6.45, 7) is 6.30. The van der Waals surface area contributed by atoms with Crippen molar-refractivity contribution in [2.75, 3.05) is 7.11 Å². The van der Waals surface area contributed by atoms with Crippen LogP contribution in [0.1, 0.15) is 35.9 Å². The molecular formula is C15H20N2O3. The fourth-order valence-corrected chi connectivity index (χ4v) is 1.98. The molecule has 1 unspecified atom stereocenters. The molecule has 0 aliphatic rings. The Kier molecular flexibility index (Phi) is 4.29. The Bertz CT molecular complexity index is 573. The first-order chi connectivity index (χ1) is 9.51. The summed E-state index contributed by atoms with van der Waals surface area (Å²) >= 11 is 0. The molecule has 5 heteroatoms. The highest BCUT2D eigenvalue weighted by Gasteiger charge is 2.12.